The van der Waals surface area contributed by atoms with Crippen molar-refractivity contribution in [3.63, 3.8) is 0 Å². The van der Waals surface area contributed by atoms with Crippen LogP contribution in [-0.4, -0.2) is 131 Å². The van der Waals surface area contributed by atoms with E-state index in [-0.39, 0.29) is 52.4 Å². The number of hydrogen-bond donors (Lipinski definition) is 2. The van der Waals surface area contributed by atoms with E-state index in [2.05, 4.69) is 42.9 Å². The van der Waals surface area contributed by atoms with E-state index in [9.17, 15) is 37.5 Å². The smallest absolute Gasteiger partial charge is 0.329 e. The van der Waals surface area contributed by atoms with Crippen molar-refractivity contribution < 1.29 is 47.0 Å². The highest BCUT2D eigenvalue weighted by atomic mass is 79.9. The number of anilines is 2. The minimum atomic E-state index is -0.812. The first-order valence-corrected chi connectivity index (χ1v) is 27.1. The molecule has 6 saturated heterocycles. The van der Waals surface area contributed by atoms with Crippen LogP contribution in [0.15, 0.2) is 96.0 Å². The van der Waals surface area contributed by atoms with Gasteiger partial charge >= 0.3 is 12.1 Å². The number of likely N-dealkylation sites (tertiary alicyclic amines) is 2. The molecule has 6 aliphatic heterocycles. The number of benzene rings is 4. The lowest BCUT2D eigenvalue weighted by molar-refractivity contribution is -0.132. The van der Waals surface area contributed by atoms with Crippen molar-refractivity contribution in [2.24, 2.45) is 0 Å². The van der Waals surface area contributed by atoms with Gasteiger partial charge in [-0.25, -0.2) is 28.2 Å². The summed E-state index contributed by atoms with van der Waals surface area (Å²) in [6, 6.07) is 19.4. The molecule has 4 bridgehead atoms. The zero-order valence-electron chi connectivity index (χ0n) is 42.4. The molecule has 0 radical (unpaired) electrons. The molecule has 21 heteroatoms. The van der Waals surface area contributed by atoms with E-state index in [0.717, 1.165) is 79.3 Å². The normalized spacial score (nSPS) is 23.4. The van der Waals surface area contributed by atoms with E-state index in [1.54, 1.807) is 36.4 Å². The first kappa shape index (κ1) is 54.0. The van der Waals surface area contributed by atoms with Crippen LogP contribution in [0, 0.1) is 11.6 Å². The minimum absolute atomic E-state index is 0.0546. The molecule has 8 fully saturated rings. The van der Waals surface area contributed by atoms with Gasteiger partial charge in [-0.05, 0) is 139 Å². The van der Waals surface area contributed by atoms with E-state index in [0.29, 0.717) is 82.2 Å². The molecular weight excluding hydrogens is 1100 g/mol. The highest BCUT2D eigenvalue weighted by molar-refractivity contribution is 9.10. The van der Waals surface area contributed by atoms with E-state index in [1.165, 1.54) is 56.7 Å². The average Bonchev–Trinajstić information content (AvgIpc) is 4.43. The first-order valence-electron chi connectivity index (χ1n) is 25.6. The monoisotopic (exact) mass is 1160 g/mol. The van der Waals surface area contributed by atoms with Gasteiger partial charge < -0.3 is 29.9 Å². The van der Waals surface area contributed by atoms with Crippen LogP contribution in [0.25, 0.3) is 6.08 Å². The standard InChI is InChI=1S/C28H28ClFN4O4.C16H19FN2O.C12H10BrClN2O3/c1-38-24-12-18(23(13-22(24)29)34-26(36)28(10-11-28)31-27(34)37)4-9-25(35)33-20-7-8-21(33)16-32(15-20)14-17-2-5-19(30)6-3-17;1-2-16(20)19-14-7-8-15(19)11-18(10-14)9-12-3-5-13(17)6-4-12;1-19-9-4-6(13)8(5-7(9)14)16-10(17)12(2-3-12)15-11(16)18/h2-6,9,12-13,20-21H,7-8,10-11,14-16H2,1H3,(H,31,37);2-6,14-15H,1,7-11H2;4-5H,2-3H2,1H3,(H,15,18)/b9-4+;;. The molecule has 2 saturated carbocycles. The molecule has 77 heavy (non-hydrogen) atoms. The topological polar surface area (TPSA) is 164 Å². The number of nitrogens with zero attached hydrogens (tertiary/aromatic N) is 6. The van der Waals surface area contributed by atoms with Crippen LogP contribution < -0.4 is 29.9 Å². The molecule has 2 aliphatic carbocycles. The van der Waals surface area contributed by atoms with Crippen molar-refractivity contribution in [1.29, 1.82) is 0 Å². The number of rotatable bonds is 11. The Balaban J connectivity index is 0.000000145. The fourth-order valence-corrected chi connectivity index (χ4v) is 12.5. The number of imide groups is 2. The van der Waals surface area contributed by atoms with Crippen molar-refractivity contribution in [2.45, 2.75) is 99.7 Å². The van der Waals surface area contributed by atoms with Crippen molar-refractivity contribution in [1.82, 2.24) is 30.2 Å². The Morgan fingerprint density at radius 2 is 1.05 bits per heavy atom. The predicted molar refractivity (Wildman–Crippen MR) is 290 cm³/mol. The fourth-order valence-electron chi connectivity index (χ4n) is 11.5. The zero-order valence-corrected chi connectivity index (χ0v) is 45.5. The van der Waals surface area contributed by atoms with Crippen LogP contribution in [0.4, 0.5) is 29.7 Å². The fraction of sp³-hybridized carbons (Fsp3) is 0.393. The predicted octanol–water partition coefficient (Wildman–Crippen LogP) is 8.85. The summed E-state index contributed by atoms with van der Waals surface area (Å²) in [4.78, 5) is 86.1. The summed E-state index contributed by atoms with van der Waals surface area (Å²) in [6.45, 7) is 8.41. The third kappa shape index (κ3) is 10.9. The maximum atomic E-state index is 13.4. The van der Waals surface area contributed by atoms with Gasteiger partial charge in [0.25, 0.3) is 11.8 Å². The van der Waals surface area contributed by atoms with E-state index < -0.39 is 23.1 Å². The van der Waals surface area contributed by atoms with Crippen molar-refractivity contribution in [3.8, 4) is 11.5 Å². The molecule has 6 heterocycles. The highest BCUT2D eigenvalue weighted by Gasteiger charge is 2.61. The molecule has 4 aromatic rings. The zero-order chi connectivity index (χ0) is 54.5. The minimum Gasteiger partial charge on any atom is -0.495 e. The van der Waals surface area contributed by atoms with Gasteiger partial charge in [-0.2, -0.15) is 0 Å². The highest BCUT2D eigenvalue weighted by Crippen LogP contribution is 2.47. The Labute approximate surface area is 463 Å². The van der Waals surface area contributed by atoms with Crippen LogP contribution in [0.5, 0.6) is 11.5 Å². The second-order valence-electron chi connectivity index (χ2n) is 20.7. The number of carbonyl (C=O) groups is 6. The number of carbonyl (C=O) groups excluding carboxylic acids is 6. The Hall–Kier alpha value is -6.38. The largest absolute Gasteiger partial charge is 0.495 e. The Morgan fingerprint density at radius 1 is 0.649 bits per heavy atom. The summed E-state index contributed by atoms with van der Waals surface area (Å²) in [5, 5.41) is 6.11. The molecule has 8 amide bonds. The molecular formula is C56H57BrCl2F2N8O8. The maximum absolute atomic E-state index is 13.4. The number of fused-ring (bicyclic) bond motifs is 4. The van der Waals surface area contributed by atoms with Gasteiger partial charge in [0.05, 0.1) is 35.6 Å². The molecule has 2 spiro atoms. The summed E-state index contributed by atoms with van der Waals surface area (Å²) in [5.74, 6) is -0.182. The average molecular weight is 1160 g/mol. The Bertz CT molecular complexity index is 3040. The number of halogens is 5. The number of methoxy groups -OCH3 is 2. The molecule has 16 nitrogen and oxygen atoms in total. The lowest BCUT2D eigenvalue weighted by Crippen LogP contribution is -2.55. The van der Waals surface area contributed by atoms with Gasteiger partial charge in [0.1, 0.15) is 34.2 Å². The van der Waals surface area contributed by atoms with Crippen LogP contribution in [0.2, 0.25) is 10.0 Å². The van der Waals surface area contributed by atoms with E-state index in [1.807, 2.05) is 21.9 Å². The van der Waals surface area contributed by atoms with Gasteiger partial charge in [0, 0.05) is 79.5 Å². The molecule has 4 atom stereocenters. The Morgan fingerprint density at radius 3 is 1.45 bits per heavy atom. The number of nitrogens with one attached hydrogen (secondary N) is 2. The summed E-state index contributed by atoms with van der Waals surface area (Å²) >= 11 is 15.7. The molecule has 4 aromatic carbocycles. The van der Waals surface area contributed by atoms with Gasteiger partial charge in [0.2, 0.25) is 11.8 Å². The lowest BCUT2D eigenvalue weighted by Gasteiger charge is -2.40. The molecule has 8 aliphatic rings. The van der Waals surface area contributed by atoms with Crippen LogP contribution in [0.1, 0.15) is 68.1 Å². The number of ether oxygens (including phenoxy) is 2. The van der Waals surface area contributed by atoms with Crippen LogP contribution in [-0.2, 0) is 32.3 Å². The Kier molecular flexibility index (Phi) is 15.3. The van der Waals surface area contributed by atoms with Gasteiger partial charge in [-0.3, -0.25) is 29.0 Å². The number of hydrogen-bond acceptors (Lipinski definition) is 10. The summed E-state index contributed by atoms with van der Waals surface area (Å²) in [6.07, 6.45) is 11.1. The first-order chi connectivity index (χ1) is 36.9. The van der Waals surface area contributed by atoms with Gasteiger partial charge in [0.15, 0.2) is 0 Å². The summed E-state index contributed by atoms with van der Waals surface area (Å²) in [7, 11) is 2.98. The van der Waals surface area contributed by atoms with Crippen LogP contribution in [0.3, 0.4) is 0 Å². The number of amides is 8. The quantitative estimate of drug-likeness (QED) is 0.110. The van der Waals surface area contributed by atoms with Gasteiger partial charge in [-0.1, -0.05) is 54.0 Å². The summed E-state index contributed by atoms with van der Waals surface area (Å²) in [5.41, 5.74) is 1.91. The van der Waals surface area contributed by atoms with Crippen molar-refractivity contribution >= 4 is 92.3 Å². The van der Waals surface area contributed by atoms with Crippen molar-refractivity contribution in [3.05, 3.63) is 134 Å². The molecule has 404 valence electrons. The number of urea groups is 2. The second-order valence-corrected chi connectivity index (χ2v) is 22.4. The van der Waals surface area contributed by atoms with Gasteiger partial charge in [-0.15, -0.1) is 0 Å². The van der Waals surface area contributed by atoms with E-state index in [4.69, 9.17) is 32.7 Å². The second kappa shape index (κ2) is 21.8. The van der Waals surface area contributed by atoms with E-state index >= 15 is 0 Å². The lowest BCUT2D eigenvalue weighted by atomic mass is 10.1. The maximum Gasteiger partial charge on any atom is 0.329 e. The van der Waals surface area contributed by atoms with Crippen LogP contribution >= 0.6 is 39.1 Å². The SMILES string of the molecule is C=CC(=O)N1C2CCC1CN(Cc1ccc(F)cc1)C2.COc1cc(/C=C/C(=O)N2C3CCC2CN(Cc2ccc(F)cc2)C3)c(N2C(=O)NC3(CC3)C2=O)cc1Cl.COc1cc(Br)c(N2C(=O)NC3(CC3)C2=O)cc1Cl. The third-order valence-electron chi connectivity index (χ3n) is 15.7. The third-order valence-corrected chi connectivity index (χ3v) is 16.9. The van der Waals surface area contributed by atoms with Crippen molar-refractivity contribution in [2.75, 3.05) is 50.2 Å². The summed E-state index contributed by atoms with van der Waals surface area (Å²) < 4.78 is 37.2. The molecule has 2 N–H and O–H groups in total. The molecule has 0 aromatic heterocycles. The molecule has 4 unspecified atom stereocenters. The molecule has 12 rings (SSSR count). The number of piperazine rings is 2.